The van der Waals surface area contributed by atoms with E-state index in [0.717, 1.165) is 17.8 Å². The summed E-state index contributed by atoms with van der Waals surface area (Å²) < 4.78 is 6.83. The summed E-state index contributed by atoms with van der Waals surface area (Å²) in [5.41, 5.74) is 1.40. The normalized spacial score (nSPS) is 12.6. The highest BCUT2D eigenvalue weighted by Crippen LogP contribution is 2.21. The lowest BCUT2D eigenvalue weighted by Gasteiger charge is -2.26. The van der Waals surface area contributed by atoms with Crippen LogP contribution in [0.2, 0.25) is 0 Å². The van der Waals surface area contributed by atoms with Crippen LogP contribution in [0.4, 0.5) is 5.82 Å². The molecule has 90 valence electrons. The Balaban J connectivity index is 3.06. The lowest BCUT2D eigenvalue weighted by atomic mass is 10.2. The van der Waals surface area contributed by atoms with Gasteiger partial charge in [-0.25, -0.2) is 0 Å². The van der Waals surface area contributed by atoms with Gasteiger partial charge in [-0.1, -0.05) is 0 Å². The van der Waals surface area contributed by atoms with Gasteiger partial charge in [0, 0.05) is 21.2 Å². The molecule has 1 unspecified atom stereocenters. The van der Waals surface area contributed by atoms with Crippen LogP contribution in [-0.2, 0) is 11.8 Å². The van der Waals surface area contributed by atoms with Gasteiger partial charge >= 0.3 is 0 Å². The van der Waals surface area contributed by atoms with Gasteiger partial charge in [-0.15, -0.1) is 0 Å². The number of likely N-dealkylation sites (N-methyl/N-ethyl adjacent to an activating group) is 1. The maximum Gasteiger partial charge on any atom is 0.155 e. The van der Waals surface area contributed by atoms with Gasteiger partial charge < -0.3 is 9.64 Å². The van der Waals surface area contributed by atoms with Gasteiger partial charge in [-0.2, -0.15) is 5.10 Å². The summed E-state index contributed by atoms with van der Waals surface area (Å²) in [6.45, 7) is 4.49. The van der Waals surface area contributed by atoms with Crippen molar-refractivity contribution < 1.29 is 9.53 Å². The molecule has 1 rings (SSSR count). The molecule has 1 aromatic rings. The minimum Gasteiger partial charge on any atom is -0.383 e. The van der Waals surface area contributed by atoms with Crippen LogP contribution in [0.5, 0.6) is 0 Å². The molecule has 1 atom stereocenters. The molecule has 0 aromatic carbocycles. The van der Waals surface area contributed by atoms with Crippen LogP contribution in [-0.4, -0.2) is 42.9 Å². The predicted octanol–water partition coefficient (Wildman–Crippen LogP) is 1.01. The number of methoxy groups -OCH3 is 1. The molecule has 0 N–H and O–H groups in total. The zero-order valence-corrected chi connectivity index (χ0v) is 10.5. The van der Waals surface area contributed by atoms with Gasteiger partial charge in [-0.3, -0.25) is 9.48 Å². The molecule has 0 saturated carbocycles. The van der Waals surface area contributed by atoms with Gasteiger partial charge in [0.1, 0.15) is 5.82 Å². The van der Waals surface area contributed by atoms with Crippen LogP contribution in [0.3, 0.4) is 0 Å². The van der Waals surface area contributed by atoms with Gasteiger partial charge in [0.25, 0.3) is 0 Å². The molecule has 0 aliphatic rings. The third-order valence-corrected chi connectivity index (χ3v) is 2.76. The van der Waals surface area contributed by atoms with Crippen molar-refractivity contribution in [1.29, 1.82) is 0 Å². The number of hydrogen-bond acceptors (Lipinski definition) is 4. The van der Waals surface area contributed by atoms with E-state index in [1.165, 1.54) is 0 Å². The van der Waals surface area contributed by atoms with Gasteiger partial charge in [0.15, 0.2) is 6.29 Å². The van der Waals surface area contributed by atoms with Crippen molar-refractivity contribution in [2.24, 2.45) is 7.05 Å². The topological polar surface area (TPSA) is 47.4 Å². The quantitative estimate of drug-likeness (QED) is 0.702. The van der Waals surface area contributed by atoms with E-state index in [4.69, 9.17) is 4.74 Å². The monoisotopic (exact) mass is 225 g/mol. The van der Waals surface area contributed by atoms with E-state index in [1.54, 1.807) is 11.8 Å². The van der Waals surface area contributed by atoms with E-state index < -0.39 is 0 Å². The zero-order chi connectivity index (χ0) is 12.3. The van der Waals surface area contributed by atoms with Crippen molar-refractivity contribution in [3.05, 3.63) is 11.3 Å². The molecule has 0 radical (unpaired) electrons. The Labute approximate surface area is 96.0 Å². The second-order valence-corrected chi connectivity index (χ2v) is 3.98. The highest BCUT2D eigenvalue weighted by Gasteiger charge is 2.19. The van der Waals surface area contributed by atoms with E-state index in [9.17, 15) is 4.79 Å². The minimum atomic E-state index is 0.193. The molecule has 16 heavy (non-hydrogen) atoms. The number of nitrogens with zero attached hydrogens (tertiary/aromatic N) is 3. The van der Waals surface area contributed by atoms with E-state index in [-0.39, 0.29) is 6.04 Å². The average molecular weight is 225 g/mol. The zero-order valence-electron chi connectivity index (χ0n) is 10.5. The maximum atomic E-state index is 11.0. The molecular weight excluding hydrogens is 206 g/mol. The Hall–Kier alpha value is -1.36. The Kier molecular flexibility index (Phi) is 4.06. The Bertz CT molecular complexity index is 374. The van der Waals surface area contributed by atoms with Crippen molar-refractivity contribution >= 4 is 12.1 Å². The highest BCUT2D eigenvalue weighted by molar-refractivity contribution is 5.84. The molecule has 0 saturated heterocycles. The number of aryl methyl sites for hydroxylation is 2. The second-order valence-electron chi connectivity index (χ2n) is 3.98. The molecule has 0 aliphatic carbocycles. The number of aldehydes is 1. The minimum absolute atomic E-state index is 0.193. The third kappa shape index (κ3) is 2.24. The average Bonchev–Trinajstić information content (AvgIpc) is 2.52. The van der Waals surface area contributed by atoms with Crippen LogP contribution in [0.1, 0.15) is 23.0 Å². The molecule has 0 aliphatic heterocycles. The summed E-state index contributed by atoms with van der Waals surface area (Å²) in [5.74, 6) is 0.831. The largest absolute Gasteiger partial charge is 0.383 e. The number of anilines is 1. The van der Waals surface area contributed by atoms with E-state index in [0.29, 0.717) is 12.2 Å². The van der Waals surface area contributed by atoms with Crippen LogP contribution < -0.4 is 4.90 Å². The van der Waals surface area contributed by atoms with Crippen molar-refractivity contribution in [1.82, 2.24) is 9.78 Å². The Morgan fingerprint density at radius 1 is 1.62 bits per heavy atom. The van der Waals surface area contributed by atoms with E-state index in [1.807, 2.05) is 32.8 Å². The maximum absolute atomic E-state index is 11.0. The Morgan fingerprint density at radius 3 is 2.75 bits per heavy atom. The summed E-state index contributed by atoms with van der Waals surface area (Å²) in [5, 5.41) is 4.25. The lowest BCUT2D eigenvalue weighted by molar-refractivity contribution is 0.112. The predicted molar refractivity (Wildman–Crippen MR) is 63.1 cm³/mol. The van der Waals surface area contributed by atoms with Crippen LogP contribution in [0.15, 0.2) is 0 Å². The SMILES string of the molecule is COCC(C)N(C)c1c(C=O)c(C)nn1C. The van der Waals surface area contributed by atoms with Crippen molar-refractivity contribution in [2.75, 3.05) is 25.7 Å². The van der Waals surface area contributed by atoms with Crippen LogP contribution in [0.25, 0.3) is 0 Å². The molecule has 0 fully saturated rings. The summed E-state index contributed by atoms with van der Waals surface area (Å²) in [6, 6.07) is 0.193. The third-order valence-electron chi connectivity index (χ3n) is 2.76. The number of carbonyl (C=O) groups is 1. The number of aromatic nitrogens is 2. The van der Waals surface area contributed by atoms with Gasteiger partial charge in [0.2, 0.25) is 0 Å². The molecule has 1 aromatic heterocycles. The van der Waals surface area contributed by atoms with Crippen LogP contribution in [0, 0.1) is 6.92 Å². The van der Waals surface area contributed by atoms with E-state index >= 15 is 0 Å². The van der Waals surface area contributed by atoms with Gasteiger partial charge in [-0.05, 0) is 13.8 Å². The molecule has 0 amide bonds. The molecule has 0 bridgehead atoms. The van der Waals surface area contributed by atoms with E-state index in [2.05, 4.69) is 5.10 Å². The first kappa shape index (κ1) is 12.7. The van der Waals surface area contributed by atoms with Crippen molar-refractivity contribution in [2.45, 2.75) is 19.9 Å². The molecule has 5 nitrogen and oxygen atoms in total. The number of hydrogen-bond donors (Lipinski definition) is 0. The standard InChI is InChI=1S/C11H19N3O2/c1-8(7-16-5)13(3)11-10(6-15)9(2)12-14(11)4/h6,8H,7H2,1-5H3. The fourth-order valence-electron chi connectivity index (χ4n) is 1.78. The number of carbonyl (C=O) groups excluding carboxylic acids is 1. The fourth-order valence-corrected chi connectivity index (χ4v) is 1.78. The van der Waals surface area contributed by atoms with Crippen LogP contribution >= 0.6 is 0 Å². The first-order chi connectivity index (χ1) is 7.52. The number of ether oxygens (including phenoxy) is 1. The lowest BCUT2D eigenvalue weighted by Crippen LogP contribution is -2.34. The smallest absolute Gasteiger partial charge is 0.155 e. The van der Waals surface area contributed by atoms with Crippen molar-refractivity contribution in [3.8, 4) is 0 Å². The molecule has 1 heterocycles. The summed E-state index contributed by atoms with van der Waals surface area (Å²) in [6.07, 6.45) is 0.855. The summed E-state index contributed by atoms with van der Waals surface area (Å²) in [7, 11) is 5.44. The molecule has 5 heteroatoms. The molecule has 0 spiro atoms. The van der Waals surface area contributed by atoms with Gasteiger partial charge in [0.05, 0.1) is 23.9 Å². The number of rotatable bonds is 5. The fraction of sp³-hybridized carbons (Fsp3) is 0.636. The second kappa shape index (κ2) is 5.12. The Morgan fingerprint density at radius 2 is 2.25 bits per heavy atom. The first-order valence-electron chi connectivity index (χ1n) is 5.23. The van der Waals surface area contributed by atoms with Crippen molar-refractivity contribution in [3.63, 3.8) is 0 Å². The molecular formula is C11H19N3O2. The summed E-state index contributed by atoms with van der Waals surface area (Å²) >= 11 is 0. The highest BCUT2D eigenvalue weighted by atomic mass is 16.5. The first-order valence-corrected chi connectivity index (χ1v) is 5.23. The summed E-state index contributed by atoms with van der Waals surface area (Å²) in [4.78, 5) is 13.0.